The van der Waals surface area contributed by atoms with Gasteiger partial charge in [-0.2, -0.15) is 0 Å². The number of carbonyl (C=O) groups is 1. The third kappa shape index (κ3) is 5.54. The molecule has 0 heterocycles. The summed E-state index contributed by atoms with van der Waals surface area (Å²) in [5.74, 6) is -0.472. The maximum absolute atomic E-state index is 12.6. The van der Waals surface area contributed by atoms with Crippen molar-refractivity contribution in [3.63, 3.8) is 0 Å². The topological polar surface area (TPSA) is 66.5 Å². The first-order chi connectivity index (χ1) is 12.9. The van der Waals surface area contributed by atoms with Crippen molar-refractivity contribution >= 4 is 56.4 Å². The molecule has 5 nitrogen and oxygen atoms in total. The molecule has 1 unspecified atom stereocenters. The van der Waals surface area contributed by atoms with Gasteiger partial charge in [0.05, 0.1) is 33.1 Å². The molecule has 2 aromatic rings. The highest BCUT2D eigenvalue weighted by Gasteiger charge is 2.25. The third-order valence-electron chi connectivity index (χ3n) is 4.22. The van der Waals surface area contributed by atoms with Gasteiger partial charge >= 0.3 is 0 Å². The Balaban J connectivity index is 2.26. The largest absolute Gasteiger partial charge is 0.348 e. The molecule has 1 N–H and O–H groups in total. The minimum Gasteiger partial charge on any atom is -0.348 e. The summed E-state index contributed by atoms with van der Waals surface area (Å²) in [6.07, 6.45) is 0.993. The second-order valence-corrected chi connectivity index (χ2v) is 9.77. The summed E-state index contributed by atoms with van der Waals surface area (Å²) in [4.78, 5) is 12.6. The fourth-order valence-electron chi connectivity index (χ4n) is 2.89. The van der Waals surface area contributed by atoms with Gasteiger partial charge in [0.25, 0.3) is 0 Å². The van der Waals surface area contributed by atoms with Gasteiger partial charge in [0, 0.05) is 0 Å². The molecule has 0 saturated heterocycles. The van der Waals surface area contributed by atoms with E-state index in [1.54, 1.807) is 0 Å². The summed E-state index contributed by atoms with van der Waals surface area (Å²) in [5.41, 5.74) is 3.21. The lowest BCUT2D eigenvalue weighted by atomic mass is 10.0. The highest BCUT2D eigenvalue weighted by molar-refractivity contribution is 7.92. The van der Waals surface area contributed by atoms with Crippen molar-refractivity contribution in [2.45, 2.75) is 26.8 Å². The molecule has 0 aromatic heterocycles. The molecule has 1 amide bonds. The SMILES string of the molecule is Cc1ccc(C(C)NC(=O)CN(c2cc(Cl)c(Cl)cc2Cl)S(C)(=O)=O)c(C)c1. The predicted octanol–water partition coefficient (Wildman–Crippen LogP) is 4.91. The summed E-state index contributed by atoms with van der Waals surface area (Å²) in [6.45, 7) is 5.35. The zero-order valence-electron chi connectivity index (χ0n) is 15.9. The van der Waals surface area contributed by atoms with E-state index >= 15 is 0 Å². The van der Waals surface area contributed by atoms with E-state index in [0.717, 1.165) is 27.3 Å². The quantitative estimate of drug-likeness (QED) is 0.619. The summed E-state index contributed by atoms with van der Waals surface area (Å²) in [6, 6.07) is 8.31. The highest BCUT2D eigenvalue weighted by Crippen LogP contribution is 2.35. The summed E-state index contributed by atoms with van der Waals surface area (Å²) < 4.78 is 25.5. The number of anilines is 1. The van der Waals surface area contributed by atoms with Gasteiger partial charge in [-0.1, -0.05) is 58.6 Å². The standard InChI is InChI=1S/C19H21Cl3N2O3S/c1-11-5-6-14(12(2)7-11)13(3)23-19(25)10-24(28(4,26)27)18-9-16(21)15(20)8-17(18)22/h5-9,13H,10H2,1-4H3,(H,23,25). The zero-order chi connectivity index (χ0) is 21.2. The molecule has 2 rings (SSSR count). The molecule has 0 radical (unpaired) electrons. The number of nitrogens with zero attached hydrogens (tertiary/aromatic N) is 1. The van der Waals surface area contributed by atoms with Gasteiger partial charge in [-0.15, -0.1) is 0 Å². The van der Waals surface area contributed by atoms with Crippen LogP contribution in [0, 0.1) is 13.8 Å². The molecule has 9 heteroatoms. The minimum absolute atomic E-state index is 0.0788. The zero-order valence-corrected chi connectivity index (χ0v) is 19.0. The van der Waals surface area contributed by atoms with Gasteiger partial charge < -0.3 is 5.32 Å². The number of hydrogen-bond donors (Lipinski definition) is 1. The van der Waals surface area contributed by atoms with Crippen LogP contribution in [0.15, 0.2) is 30.3 Å². The number of amides is 1. The van der Waals surface area contributed by atoms with E-state index in [4.69, 9.17) is 34.8 Å². The number of nitrogens with one attached hydrogen (secondary N) is 1. The molecule has 0 spiro atoms. The minimum atomic E-state index is -3.79. The molecule has 0 aliphatic carbocycles. The van der Waals surface area contributed by atoms with Crippen molar-refractivity contribution in [1.82, 2.24) is 5.32 Å². The lowest BCUT2D eigenvalue weighted by molar-refractivity contribution is -0.120. The molecule has 0 aliphatic rings. The fraction of sp³-hybridized carbons (Fsp3) is 0.316. The smallest absolute Gasteiger partial charge is 0.241 e. The lowest BCUT2D eigenvalue weighted by Gasteiger charge is -2.25. The van der Waals surface area contributed by atoms with Gasteiger partial charge in [0.2, 0.25) is 15.9 Å². The highest BCUT2D eigenvalue weighted by atomic mass is 35.5. The molecule has 0 bridgehead atoms. The van der Waals surface area contributed by atoms with Crippen LogP contribution in [0.1, 0.15) is 29.7 Å². The number of hydrogen-bond acceptors (Lipinski definition) is 3. The van der Waals surface area contributed by atoms with Crippen molar-refractivity contribution < 1.29 is 13.2 Å². The van der Waals surface area contributed by atoms with E-state index in [1.807, 2.05) is 39.0 Å². The van der Waals surface area contributed by atoms with Crippen LogP contribution < -0.4 is 9.62 Å². The molecule has 2 aromatic carbocycles. The van der Waals surface area contributed by atoms with Crippen molar-refractivity contribution in [2.24, 2.45) is 0 Å². The van der Waals surface area contributed by atoms with E-state index in [-0.39, 0.29) is 26.8 Å². The average Bonchev–Trinajstić information content (AvgIpc) is 2.55. The first kappa shape index (κ1) is 22.8. The van der Waals surface area contributed by atoms with Crippen molar-refractivity contribution in [3.05, 3.63) is 62.1 Å². The van der Waals surface area contributed by atoms with Crippen molar-refractivity contribution in [2.75, 3.05) is 17.1 Å². The Morgan fingerprint density at radius 3 is 2.25 bits per heavy atom. The van der Waals surface area contributed by atoms with Crippen LogP contribution in [0.4, 0.5) is 5.69 Å². The molecule has 0 fully saturated rings. The summed E-state index contributed by atoms with van der Waals surface area (Å²) in [5, 5.41) is 3.24. The van der Waals surface area contributed by atoms with Crippen molar-refractivity contribution in [1.29, 1.82) is 0 Å². The van der Waals surface area contributed by atoms with E-state index in [0.29, 0.717) is 0 Å². The van der Waals surface area contributed by atoms with E-state index < -0.39 is 22.5 Å². The van der Waals surface area contributed by atoms with Crippen LogP contribution in [-0.4, -0.2) is 27.1 Å². The van der Waals surface area contributed by atoms with Crippen LogP contribution >= 0.6 is 34.8 Å². The predicted molar refractivity (Wildman–Crippen MR) is 116 cm³/mol. The Kier molecular flexibility index (Phi) is 7.26. The van der Waals surface area contributed by atoms with E-state index in [9.17, 15) is 13.2 Å². The second kappa shape index (κ2) is 8.91. The molecule has 0 aliphatic heterocycles. The number of aryl methyl sites for hydroxylation is 2. The molecule has 1 atom stereocenters. The van der Waals surface area contributed by atoms with Crippen LogP contribution in [-0.2, 0) is 14.8 Å². The van der Waals surface area contributed by atoms with Crippen LogP contribution in [0.2, 0.25) is 15.1 Å². The number of rotatable bonds is 6. The normalized spacial score (nSPS) is 12.5. The molecular formula is C19H21Cl3N2O3S. The van der Waals surface area contributed by atoms with Gasteiger partial charge in [-0.25, -0.2) is 8.42 Å². The summed E-state index contributed by atoms with van der Waals surface area (Å²) in [7, 11) is -3.79. The Bertz CT molecular complexity index is 1010. The fourth-order valence-corrected chi connectivity index (χ4v) is 4.44. The van der Waals surface area contributed by atoms with E-state index in [1.165, 1.54) is 12.1 Å². The number of sulfonamides is 1. The first-order valence-electron chi connectivity index (χ1n) is 8.39. The molecule has 0 saturated carbocycles. The van der Waals surface area contributed by atoms with Crippen LogP contribution in [0.3, 0.4) is 0 Å². The monoisotopic (exact) mass is 462 g/mol. The van der Waals surface area contributed by atoms with E-state index in [2.05, 4.69) is 5.32 Å². The second-order valence-electron chi connectivity index (χ2n) is 6.64. The van der Waals surface area contributed by atoms with Gasteiger partial charge in [0.15, 0.2) is 0 Å². The number of carbonyl (C=O) groups excluding carboxylic acids is 1. The maximum atomic E-state index is 12.6. The Morgan fingerprint density at radius 2 is 1.68 bits per heavy atom. The Morgan fingerprint density at radius 1 is 1.07 bits per heavy atom. The molecular weight excluding hydrogens is 443 g/mol. The summed E-state index contributed by atoms with van der Waals surface area (Å²) >= 11 is 18.0. The van der Waals surface area contributed by atoms with Crippen molar-refractivity contribution in [3.8, 4) is 0 Å². The van der Waals surface area contributed by atoms with Gasteiger partial charge in [0.1, 0.15) is 6.54 Å². The number of halogens is 3. The van der Waals surface area contributed by atoms with Crippen LogP contribution in [0.25, 0.3) is 0 Å². The Hall–Kier alpha value is -1.47. The number of benzene rings is 2. The Labute approximate surface area is 180 Å². The maximum Gasteiger partial charge on any atom is 0.241 e. The third-order valence-corrected chi connectivity index (χ3v) is 6.37. The molecule has 28 heavy (non-hydrogen) atoms. The van der Waals surface area contributed by atoms with Gasteiger partial charge in [-0.05, 0) is 44.0 Å². The van der Waals surface area contributed by atoms with Gasteiger partial charge in [-0.3, -0.25) is 9.10 Å². The molecule has 152 valence electrons. The lowest BCUT2D eigenvalue weighted by Crippen LogP contribution is -2.41. The van der Waals surface area contributed by atoms with Crippen LogP contribution in [0.5, 0.6) is 0 Å². The average molecular weight is 464 g/mol. The first-order valence-corrected chi connectivity index (χ1v) is 11.4.